The lowest BCUT2D eigenvalue weighted by molar-refractivity contribution is -0.131. The number of fused-ring (bicyclic) bond motifs is 1. The topological polar surface area (TPSA) is 88.6 Å². The highest BCUT2D eigenvalue weighted by atomic mass is 16.5. The lowest BCUT2D eigenvalue weighted by Gasteiger charge is -2.21. The number of methoxy groups -OCH3 is 5. The third-order valence-corrected chi connectivity index (χ3v) is 5.98. The van der Waals surface area contributed by atoms with Gasteiger partial charge in [0.1, 0.15) is 6.61 Å². The fraction of sp³-hybridized carbons (Fsp3) is 0.333. The van der Waals surface area contributed by atoms with E-state index < -0.39 is 0 Å². The van der Waals surface area contributed by atoms with Gasteiger partial charge in [-0.1, -0.05) is 6.07 Å². The predicted octanol–water partition coefficient (Wildman–Crippen LogP) is 3.76. The van der Waals surface area contributed by atoms with E-state index in [1.165, 1.54) is 0 Å². The molecule has 190 valence electrons. The number of amides is 1. The van der Waals surface area contributed by atoms with Crippen LogP contribution in [0.1, 0.15) is 11.1 Å². The fourth-order valence-electron chi connectivity index (χ4n) is 4.21. The number of hydrogen-bond acceptors (Lipinski definition) is 8. The molecule has 1 aromatic heterocycles. The smallest absolute Gasteiger partial charge is 0.227 e. The molecule has 9 nitrogen and oxygen atoms in total. The normalized spacial score (nSPS) is 12.6. The lowest BCUT2D eigenvalue weighted by atomic mass is 10.0. The molecular weight excluding hydrogens is 464 g/mol. The van der Waals surface area contributed by atoms with Crippen LogP contribution in [-0.2, 0) is 17.8 Å². The van der Waals surface area contributed by atoms with Gasteiger partial charge in [0.15, 0.2) is 23.0 Å². The summed E-state index contributed by atoms with van der Waals surface area (Å²) in [6.45, 7) is 1.15. The van der Waals surface area contributed by atoms with Crippen LogP contribution in [0.25, 0.3) is 11.3 Å². The van der Waals surface area contributed by atoms with Crippen molar-refractivity contribution in [3.63, 3.8) is 0 Å². The number of carbonyl (C=O) groups is 1. The molecule has 4 rings (SSSR count). The van der Waals surface area contributed by atoms with Gasteiger partial charge in [-0.2, -0.15) is 0 Å². The van der Waals surface area contributed by atoms with Crippen LogP contribution >= 0.6 is 0 Å². The minimum atomic E-state index is -0.0513. The standard InChI is InChI=1S/C27H30N2O7/c1-31-21-11-17(12-22(32-2)27(21)35-5)13-25(30)29-9-10-36-26-19(16-29)14-18(15-23(26)33-3)20-7-6-8-24(28-20)34-4/h6-8,11-12,14-15H,9-10,13,16H2,1-5H3. The van der Waals surface area contributed by atoms with Crippen molar-refractivity contribution in [2.45, 2.75) is 13.0 Å². The molecular formula is C27H30N2O7. The number of carbonyl (C=O) groups excluding carboxylic acids is 1. The molecule has 0 unspecified atom stereocenters. The fourth-order valence-corrected chi connectivity index (χ4v) is 4.21. The van der Waals surface area contributed by atoms with Crippen molar-refractivity contribution < 1.29 is 33.2 Å². The van der Waals surface area contributed by atoms with E-state index in [0.29, 0.717) is 54.3 Å². The SMILES string of the molecule is COc1cccc(-c2cc3c(c(OC)c2)OCCN(C(=O)Cc2cc(OC)c(OC)c(OC)c2)C3)n1. The summed E-state index contributed by atoms with van der Waals surface area (Å²) in [6.07, 6.45) is 0.167. The van der Waals surface area contributed by atoms with Crippen LogP contribution in [0, 0.1) is 0 Å². The zero-order valence-electron chi connectivity index (χ0n) is 21.1. The first-order valence-corrected chi connectivity index (χ1v) is 11.4. The Morgan fingerprint density at radius 3 is 2.28 bits per heavy atom. The molecule has 9 heteroatoms. The summed E-state index contributed by atoms with van der Waals surface area (Å²) >= 11 is 0. The van der Waals surface area contributed by atoms with Crippen molar-refractivity contribution in [3.8, 4) is 45.9 Å². The number of rotatable bonds is 8. The second kappa shape index (κ2) is 11.1. The van der Waals surface area contributed by atoms with Gasteiger partial charge in [-0.3, -0.25) is 4.79 Å². The maximum atomic E-state index is 13.4. The number of benzene rings is 2. The molecule has 1 aliphatic heterocycles. The van der Waals surface area contributed by atoms with E-state index in [-0.39, 0.29) is 12.3 Å². The molecule has 0 radical (unpaired) electrons. The van der Waals surface area contributed by atoms with E-state index >= 15 is 0 Å². The van der Waals surface area contributed by atoms with Crippen molar-refractivity contribution >= 4 is 5.91 Å². The summed E-state index contributed by atoms with van der Waals surface area (Å²) in [7, 11) is 7.82. The predicted molar refractivity (Wildman–Crippen MR) is 133 cm³/mol. The molecule has 1 aliphatic rings. The Morgan fingerprint density at radius 2 is 1.64 bits per heavy atom. The van der Waals surface area contributed by atoms with Gasteiger partial charge in [-0.25, -0.2) is 4.98 Å². The Balaban J connectivity index is 1.63. The van der Waals surface area contributed by atoms with Gasteiger partial charge in [0.25, 0.3) is 0 Å². The third kappa shape index (κ3) is 5.10. The van der Waals surface area contributed by atoms with Crippen LogP contribution in [0.3, 0.4) is 0 Å². The van der Waals surface area contributed by atoms with Gasteiger partial charge in [0.05, 0.1) is 54.2 Å². The van der Waals surface area contributed by atoms with Crippen LogP contribution in [0.2, 0.25) is 0 Å². The Kier molecular flexibility index (Phi) is 7.68. The van der Waals surface area contributed by atoms with E-state index in [0.717, 1.165) is 22.4 Å². The van der Waals surface area contributed by atoms with Gasteiger partial charge < -0.3 is 33.3 Å². The number of aromatic nitrogens is 1. The molecule has 0 saturated heterocycles. The molecule has 0 spiro atoms. The van der Waals surface area contributed by atoms with Crippen molar-refractivity contribution in [2.75, 3.05) is 48.7 Å². The second-order valence-electron chi connectivity index (χ2n) is 8.11. The quantitative estimate of drug-likeness (QED) is 0.468. The van der Waals surface area contributed by atoms with Gasteiger partial charge in [0.2, 0.25) is 17.5 Å². The minimum Gasteiger partial charge on any atom is -0.493 e. The van der Waals surface area contributed by atoms with E-state index in [1.54, 1.807) is 58.6 Å². The maximum Gasteiger partial charge on any atom is 0.227 e. The first kappa shape index (κ1) is 25.0. The molecule has 2 aromatic carbocycles. The molecule has 0 fully saturated rings. The summed E-state index contributed by atoms with van der Waals surface area (Å²) in [6, 6.07) is 13.0. The number of ether oxygens (including phenoxy) is 6. The third-order valence-electron chi connectivity index (χ3n) is 5.98. The number of pyridine rings is 1. The molecule has 0 N–H and O–H groups in total. The summed E-state index contributed by atoms with van der Waals surface area (Å²) in [5.41, 5.74) is 3.17. The first-order chi connectivity index (χ1) is 17.5. The van der Waals surface area contributed by atoms with E-state index in [4.69, 9.17) is 28.4 Å². The van der Waals surface area contributed by atoms with Gasteiger partial charge in [-0.05, 0) is 35.9 Å². The van der Waals surface area contributed by atoms with Crippen molar-refractivity contribution in [1.82, 2.24) is 9.88 Å². The highest BCUT2D eigenvalue weighted by Gasteiger charge is 2.25. The number of hydrogen-bond donors (Lipinski definition) is 0. The maximum absolute atomic E-state index is 13.4. The van der Waals surface area contributed by atoms with Gasteiger partial charge in [0, 0.05) is 23.7 Å². The van der Waals surface area contributed by atoms with Gasteiger partial charge >= 0.3 is 0 Å². The summed E-state index contributed by atoms with van der Waals surface area (Å²) < 4.78 is 33.2. The molecule has 2 heterocycles. The zero-order chi connectivity index (χ0) is 25.7. The van der Waals surface area contributed by atoms with Crippen LogP contribution in [0.15, 0.2) is 42.5 Å². The van der Waals surface area contributed by atoms with Crippen molar-refractivity contribution in [1.29, 1.82) is 0 Å². The van der Waals surface area contributed by atoms with E-state index in [9.17, 15) is 4.79 Å². The highest BCUT2D eigenvalue weighted by molar-refractivity contribution is 5.80. The minimum absolute atomic E-state index is 0.0513. The summed E-state index contributed by atoms with van der Waals surface area (Å²) in [5.74, 6) is 3.18. The molecule has 0 bridgehead atoms. The summed E-state index contributed by atoms with van der Waals surface area (Å²) in [4.78, 5) is 19.7. The molecule has 0 aliphatic carbocycles. The molecule has 0 saturated carbocycles. The summed E-state index contributed by atoms with van der Waals surface area (Å²) in [5, 5.41) is 0. The van der Waals surface area contributed by atoms with Crippen molar-refractivity contribution in [2.24, 2.45) is 0 Å². The Bertz CT molecular complexity index is 1220. The largest absolute Gasteiger partial charge is 0.493 e. The molecule has 36 heavy (non-hydrogen) atoms. The average Bonchev–Trinajstić information content (AvgIpc) is 3.14. The van der Waals surface area contributed by atoms with E-state index in [2.05, 4.69) is 4.98 Å². The van der Waals surface area contributed by atoms with Gasteiger partial charge in [-0.15, -0.1) is 0 Å². The Morgan fingerprint density at radius 1 is 0.917 bits per heavy atom. The van der Waals surface area contributed by atoms with Crippen LogP contribution < -0.4 is 28.4 Å². The Labute approximate surface area is 210 Å². The second-order valence-corrected chi connectivity index (χ2v) is 8.11. The zero-order valence-corrected chi connectivity index (χ0v) is 21.1. The average molecular weight is 495 g/mol. The lowest BCUT2D eigenvalue weighted by Crippen LogP contribution is -2.33. The molecule has 1 amide bonds. The van der Waals surface area contributed by atoms with Crippen molar-refractivity contribution in [3.05, 3.63) is 53.6 Å². The van der Waals surface area contributed by atoms with Crippen LogP contribution in [0.5, 0.6) is 34.6 Å². The molecule has 3 aromatic rings. The number of nitrogens with zero attached hydrogens (tertiary/aromatic N) is 2. The van der Waals surface area contributed by atoms with E-state index in [1.807, 2.05) is 24.3 Å². The molecule has 0 atom stereocenters. The van der Waals surface area contributed by atoms with Crippen LogP contribution in [-0.4, -0.2) is 64.5 Å². The first-order valence-electron chi connectivity index (χ1n) is 11.4. The Hall–Kier alpha value is -4.14. The highest BCUT2D eigenvalue weighted by Crippen LogP contribution is 2.40. The van der Waals surface area contributed by atoms with Crippen LogP contribution in [0.4, 0.5) is 0 Å². The monoisotopic (exact) mass is 494 g/mol.